The minimum atomic E-state index is 0.414. The Bertz CT molecular complexity index is 263. The molecule has 1 rings (SSSR count). The van der Waals surface area contributed by atoms with Gasteiger partial charge >= 0.3 is 0 Å². The molecule has 5 heteroatoms. The lowest BCUT2D eigenvalue weighted by molar-refractivity contribution is 0.693. The molecule has 0 unspecified atom stereocenters. The molecule has 0 bridgehead atoms. The fraction of sp³-hybridized carbons (Fsp3) is 0.286. The fourth-order valence-electron chi connectivity index (χ4n) is 0.900. The molecule has 5 nitrogen and oxygen atoms in total. The third-order valence-corrected chi connectivity index (χ3v) is 1.43. The smallest absolute Gasteiger partial charge is 0.131 e. The minimum absolute atomic E-state index is 0.414. The van der Waals surface area contributed by atoms with Gasteiger partial charge in [-0.05, 0) is 6.92 Å². The van der Waals surface area contributed by atoms with E-state index in [9.17, 15) is 0 Å². The first-order chi connectivity index (χ1) is 5.61. The maximum absolute atomic E-state index is 5.64. The van der Waals surface area contributed by atoms with Crippen molar-refractivity contribution in [1.82, 2.24) is 10.9 Å². The Balaban J connectivity index is 2.83. The van der Waals surface area contributed by atoms with E-state index < -0.39 is 0 Å². The van der Waals surface area contributed by atoms with Gasteiger partial charge in [-0.2, -0.15) is 0 Å². The van der Waals surface area contributed by atoms with Gasteiger partial charge in [-0.1, -0.05) is 6.58 Å². The lowest BCUT2D eigenvalue weighted by atomic mass is 10.2. The number of hydrogen-bond acceptors (Lipinski definition) is 4. The molecule has 0 aromatic carbocycles. The Morgan fingerprint density at radius 1 is 1.67 bits per heavy atom. The van der Waals surface area contributed by atoms with Crippen LogP contribution in [0.5, 0.6) is 0 Å². The monoisotopic (exact) mass is 167 g/mol. The maximum Gasteiger partial charge on any atom is 0.131 e. The highest BCUT2D eigenvalue weighted by Gasteiger charge is 2.13. The fourth-order valence-corrected chi connectivity index (χ4v) is 0.900. The number of allylic oxidation sites excluding steroid dienone is 1. The van der Waals surface area contributed by atoms with Crippen LogP contribution >= 0.6 is 0 Å². The van der Waals surface area contributed by atoms with Crippen molar-refractivity contribution < 1.29 is 0 Å². The molecule has 1 aliphatic heterocycles. The molecule has 6 N–H and O–H groups in total. The first-order valence-corrected chi connectivity index (χ1v) is 3.59. The van der Waals surface area contributed by atoms with Gasteiger partial charge in [0.15, 0.2) is 0 Å². The van der Waals surface area contributed by atoms with Gasteiger partial charge in [-0.3, -0.25) is 0 Å². The summed E-state index contributed by atoms with van der Waals surface area (Å²) in [5, 5.41) is 0. The molecule has 1 heterocycles. The molecule has 66 valence electrons. The molecule has 0 spiro atoms. The number of aliphatic imine (C=N–C) groups is 1. The summed E-state index contributed by atoms with van der Waals surface area (Å²) >= 11 is 0. The van der Waals surface area contributed by atoms with Crippen LogP contribution in [0.25, 0.3) is 0 Å². The topological polar surface area (TPSA) is 88.5 Å². The number of amidine groups is 1. The summed E-state index contributed by atoms with van der Waals surface area (Å²) in [6, 6.07) is 0. The molecule has 0 saturated heterocycles. The van der Waals surface area contributed by atoms with Crippen LogP contribution in [0, 0.1) is 0 Å². The van der Waals surface area contributed by atoms with Crippen LogP contribution < -0.4 is 22.3 Å². The predicted octanol–water partition coefficient (Wildman–Crippen LogP) is -0.845. The molecule has 0 fully saturated rings. The third kappa shape index (κ3) is 1.76. The van der Waals surface area contributed by atoms with Crippen molar-refractivity contribution in [2.45, 2.75) is 6.92 Å². The summed E-state index contributed by atoms with van der Waals surface area (Å²) in [5.41, 5.74) is 18.2. The minimum Gasteiger partial charge on any atom is -0.384 e. The molecule has 0 saturated carbocycles. The van der Waals surface area contributed by atoms with E-state index in [-0.39, 0.29) is 0 Å². The number of nitrogens with two attached hydrogens (primary N) is 2. The summed E-state index contributed by atoms with van der Waals surface area (Å²) in [6.07, 6.45) is 0. The Kier molecular flexibility index (Phi) is 2.35. The standard InChI is InChI=1S/C7H13N5/c1-4(2)11-6(8)5-3-10-12-7(5)9/h10,12H,1,3,9H2,2H3,(H2,8,11). The van der Waals surface area contributed by atoms with E-state index in [4.69, 9.17) is 11.5 Å². The van der Waals surface area contributed by atoms with Crippen LogP contribution in [0.1, 0.15) is 6.92 Å². The molecule has 0 aliphatic carbocycles. The van der Waals surface area contributed by atoms with E-state index in [0.29, 0.717) is 23.9 Å². The average molecular weight is 167 g/mol. The zero-order chi connectivity index (χ0) is 9.14. The first-order valence-electron chi connectivity index (χ1n) is 3.59. The Hall–Kier alpha value is -1.49. The van der Waals surface area contributed by atoms with Gasteiger partial charge < -0.3 is 16.9 Å². The van der Waals surface area contributed by atoms with Crippen LogP contribution in [-0.4, -0.2) is 12.4 Å². The molecule has 0 amide bonds. The normalized spacial score (nSPS) is 17.9. The van der Waals surface area contributed by atoms with Gasteiger partial charge in [-0.15, -0.1) is 0 Å². The van der Waals surface area contributed by atoms with Crippen molar-refractivity contribution in [3.63, 3.8) is 0 Å². The molecule has 1 aliphatic rings. The quantitative estimate of drug-likeness (QED) is 0.319. The van der Waals surface area contributed by atoms with Gasteiger partial charge in [0.2, 0.25) is 0 Å². The summed E-state index contributed by atoms with van der Waals surface area (Å²) in [5.74, 6) is 0.940. The van der Waals surface area contributed by atoms with Crippen molar-refractivity contribution in [3.05, 3.63) is 23.7 Å². The van der Waals surface area contributed by atoms with Crippen molar-refractivity contribution in [2.75, 3.05) is 6.54 Å². The second-order valence-corrected chi connectivity index (χ2v) is 2.60. The van der Waals surface area contributed by atoms with Crippen LogP contribution in [0.15, 0.2) is 28.7 Å². The van der Waals surface area contributed by atoms with Crippen LogP contribution in [0.2, 0.25) is 0 Å². The number of rotatable bonds is 2. The van der Waals surface area contributed by atoms with Gasteiger partial charge in [-0.25, -0.2) is 10.4 Å². The largest absolute Gasteiger partial charge is 0.384 e. The second kappa shape index (κ2) is 3.27. The lowest BCUT2D eigenvalue weighted by Gasteiger charge is -2.00. The highest BCUT2D eigenvalue weighted by molar-refractivity contribution is 5.98. The summed E-state index contributed by atoms with van der Waals surface area (Å²) < 4.78 is 0. The third-order valence-electron chi connectivity index (χ3n) is 1.43. The van der Waals surface area contributed by atoms with E-state index in [1.54, 1.807) is 6.92 Å². The number of hydrazine groups is 1. The number of nitrogens with one attached hydrogen (secondary N) is 2. The zero-order valence-corrected chi connectivity index (χ0v) is 7.02. The van der Waals surface area contributed by atoms with E-state index >= 15 is 0 Å². The molecular weight excluding hydrogens is 154 g/mol. The zero-order valence-electron chi connectivity index (χ0n) is 7.02. The Labute approximate surface area is 71.2 Å². The first kappa shape index (κ1) is 8.61. The van der Waals surface area contributed by atoms with E-state index in [1.807, 2.05) is 0 Å². The van der Waals surface area contributed by atoms with Crippen LogP contribution in [0.3, 0.4) is 0 Å². The lowest BCUT2D eigenvalue weighted by Crippen LogP contribution is -2.26. The van der Waals surface area contributed by atoms with Gasteiger partial charge in [0.05, 0.1) is 5.57 Å². The van der Waals surface area contributed by atoms with E-state index in [0.717, 1.165) is 5.57 Å². The predicted molar refractivity (Wildman–Crippen MR) is 48.8 cm³/mol. The molecule has 0 aromatic rings. The maximum atomic E-state index is 5.64. The summed E-state index contributed by atoms with van der Waals surface area (Å²) in [4.78, 5) is 3.99. The van der Waals surface area contributed by atoms with Crippen LogP contribution in [-0.2, 0) is 0 Å². The summed E-state index contributed by atoms with van der Waals surface area (Å²) in [6.45, 7) is 5.99. The van der Waals surface area contributed by atoms with Crippen molar-refractivity contribution in [1.29, 1.82) is 0 Å². The van der Waals surface area contributed by atoms with Crippen molar-refractivity contribution in [2.24, 2.45) is 16.5 Å². The van der Waals surface area contributed by atoms with E-state index in [1.165, 1.54) is 0 Å². The molecular formula is C7H13N5. The Morgan fingerprint density at radius 2 is 2.33 bits per heavy atom. The number of hydrogen-bond donors (Lipinski definition) is 4. The van der Waals surface area contributed by atoms with Crippen molar-refractivity contribution >= 4 is 5.84 Å². The Morgan fingerprint density at radius 3 is 2.75 bits per heavy atom. The summed E-state index contributed by atoms with van der Waals surface area (Å²) in [7, 11) is 0. The van der Waals surface area contributed by atoms with E-state index in [2.05, 4.69) is 22.4 Å². The molecule has 0 aromatic heterocycles. The number of nitrogens with zero attached hydrogens (tertiary/aromatic N) is 1. The van der Waals surface area contributed by atoms with Crippen molar-refractivity contribution in [3.8, 4) is 0 Å². The molecule has 12 heavy (non-hydrogen) atoms. The highest BCUT2D eigenvalue weighted by atomic mass is 15.4. The van der Waals surface area contributed by atoms with Gasteiger partial charge in [0.1, 0.15) is 11.7 Å². The van der Waals surface area contributed by atoms with Gasteiger partial charge in [0, 0.05) is 12.2 Å². The second-order valence-electron chi connectivity index (χ2n) is 2.60. The van der Waals surface area contributed by atoms with Gasteiger partial charge in [0.25, 0.3) is 0 Å². The SMILES string of the molecule is C=C(C)N=C(N)C1=C(N)NNC1. The highest BCUT2D eigenvalue weighted by Crippen LogP contribution is 2.02. The van der Waals surface area contributed by atoms with Crippen LogP contribution in [0.4, 0.5) is 0 Å². The molecule has 0 radical (unpaired) electrons. The molecule has 0 atom stereocenters. The average Bonchev–Trinajstić information content (AvgIpc) is 2.33.